The van der Waals surface area contributed by atoms with Crippen molar-refractivity contribution < 1.29 is 22.0 Å². The van der Waals surface area contributed by atoms with E-state index in [0.29, 0.717) is 37.9 Å². The molecule has 8 nitrogen and oxygen atoms in total. The summed E-state index contributed by atoms with van der Waals surface area (Å²) < 4.78 is 52.2. The molecule has 1 atom stereocenters. The summed E-state index contributed by atoms with van der Waals surface area (Å²) in [7, 11) is -3.22. The van der Waals surface area contributed by atoms with Crippen LogP contribution in [0.5, 0.6) is 0 Å². The number of fused-ring (bicyclic) bond motifs is 1. The summed E-state index contributed by atoms with van der Waals surface area (Å²) in [4.78, 5) is 22.9. The fourth-order valence-corrected chi connectivity index (χ4v) is 4.94. The number of hydrogen-bond acceptors (Lipinski definition) is 6. The van der Waals surface area contributed by atoms with Gasteiger partial charge in [0, 0.05) is 36.3 Å². The molecule has 1 aromatic heterocycles. The highest BCUT2D eigenvalue weighted by Gasteiger charge is 2.45. The zero-order chi connectivity index (χ0) is 22.3. The van der Waals surface area contributed by atoms with E-state index < -0.39 is 27.9 Å². The van der Waals surface area contributed by atoms with Crippen LogP contribution in [0, 0.1) is 5.41 Å². The fourth-order valence-electron chi connectivity index (χ4n) is 4.07. The van der Waals surface area contributed by atoms with Crippen LogP contribution in [0.2, 0.25) is 0 Å². The Hall–Kier alpha value is -1.88. The van der Waals surface area contributed by atoms with E-state index in [2.05, 4.69) is 15.3 Å². The van der Waals surface area contributed by atoms with Crippen LogP contribution < -0.4 is 10.2 Å². The lowest BCUT2D eigenvalue weighted by molar-refractivity contribution is -0.128. The Balaban J connectivity index is 1.84. The van der Waals surface area contributed by atoms with Gasteiger partial charge in [0.15, 0.2) is 0 Å². The van der Waals surface area contributed by atoms with Gasteiger partial charge in [-0.2, -0.15) is 4.98 Å². The molecule has 1 N–H and O–H groups in total. The second kappa shape index (κ2) is 8.33. The molecule has 1 aromatic rings. The van der Waals surface area contributed by atoms with Gasteiger partial charge in [-0.1, -0.05) is 20.8 Å². The summed E-state index contributed by atoms with van der Waals surface area (Å²) >= 11 is 0. The van der Waals surface area contributed by atoms with Crippen LogP contribution in [0.1, 0.15) is 45.6 Å². The van der Waals surface area contributed by atoms with Crippen molar-refractivity contribution in [1.82, 2.24) is 14.3 Å². The molecular formula is C19H29F2N5O3S. The van der Waals surface area contributed by atoms with Gasteiger partial charge in [0.05, 0.1) is 12.3 Å². The molecule has 30 heavy (non-hydrogen) atoms. The molecule has 0 radical (unpaired) electrons. The Kier molecular flexibility index (Phi) is 6.33. The van der Waals surface area contributed by atoms with Gasteiger partial charge >= 0.3 is 0 Å². The van der Waals surface area contributed by atoms with Crippen molar-refractivity contribution in [2.75, 3.05) is 29.6 Å². The molecule has 0 saturated carbocycles. The molecule has 1 amide bonds. The van der Waals surface area contributed by atoms with Gasteiger partial charge in [-0.3, -0.25) is 9.69 Å². The molecule has 168 valence electrons. The number of anilines is 2. The Labute approximate surface area is 176 Å². The van der Waals surface area contributed by atoms with E-state index in [1.807, 2.05) is 0 Å². The number of sulfonamides is 1. The number of alkyl halides is 2. The molecule has 2 aliphatic heterocycles. The minimum absolute atomic E-state index is 0.0395. The molecule has 1 unspecified atom stereocenters. The van der Waals surface area contributed by atoms with Crippen LogP contribution in [-0.2, 0) is 21.2 Å². The quantitative estimate of drug-likeness (QED) is 0.722. The second-order valence-corrected chi connectivity index (χ2v) is 10.7. The van der Waals surface area contributed by atoms with Gasteiger partial charge in [-0.05, 0) is 25.7 Å². The molecule has 0 aromatic carbocycles. The Morgan fingerprint density at radius 2 is 1.93 bits per heavy atom. The van der Waals surface area contributed by atoms with E-state index >= 15 is 0 Å². The zero-order valence-electron chi connectivity index (χ0n) is 17.7. The number of hydrogen-bond donors (Lipinski definition) is 1. The SMILES string of the molecule is CCC(C(F)F)N1C(=O)C(C)(C)Cc2cnc(NC3CCN(S(C)(=O)=O)CC3)nc21. The topological polar surface area (TPSA) is 95.5 Å². The molecule has 3 heterocycles. The summed E-state index contributed by atoms with van der Waals surface area (Å²) in [5.74, 6) is 0.124. The van der Waals surface area contributed by atoms with Gasteiger partial charge in [-0.15, -0.1) is 0 Å². The highest BCUT2D eigenvalue weighted by molar-refractivity contribution is 7.88. The molecule has 1 fully saturated rings. The summed E-state index contributed by atoms with van der Waals surface area (Å²) in [6.07, 6.45) is 1.74. The molecule has 3 rings (SSSR count). The van der Waals surface area contributed by atoms with Crippen LogP contribution in [0.15, 0.2) is 6.20 Å². The van der Waals surface area contributed by atoms with E-state index in [1.165, 1.54) is 10.6 Å². The Bertz CT molecular complexity index is 901. The highest BCUT2D eigenvalue weighted by atomic mass is 32.2. The number of nitrogens with one attached hydrogen (secondary N) is 1. The minimum Gasteiger partial charge on any atom is -0.351 e. The van der Waals surface area contributed by atoms with Crippen LogP contribution in [0.25, 0.3) is 0 Å². The maximum Gasteiger partial charge on any atom is 0.259 e. The molecule has 1 saturated heterocycles. The van der Waals surface area contributed by atoms with Crippen molar-refractivity contribution in [1.29, 1.82) is 0 Å². The van der Waals surface area contributed by atoms with Gasteiger partial charge in [0.1, 0.15) is 5.82 Å². The van der Waals surface area contributed by atoms with Gasteiger partial charge < -0.3 is 5.32 Å². The monoisotopic (exact) mass is 445 g/mol. The third-order valence-corrected chi connectivity index (χ3v) is 7.10. The molecular weight excluding hydrogens is 416 g/mol. The smallest absolute Gasteiger partial charge is 0.259 e. The number of aromatic nitrogens is 2. The first kappa shape index (κ1) is 22.8. The molecule has 0 aliphatic carbocycles. The molecule has 0 bridgehead atoms. The van der Waals surface area contributed by atoms with E-state index in [-0.39, 0.29) is 30.1 Å². The van der Waals surface area contributed by atoms with Crippen LogP contribution >= 0.6 is 0 Å². The van der Waals surface area contributed by atoms with Crippen LogP contribution in [0.3, 0.4) is 0 Å². The normalized spacial score (nSPS) is 21.6. The van der Waals surface area contributed by atoms with E-state index in [0.717, 1.165) is 4.90 Å². The number of rotatable bonds is 6. The average Bonchev–Trinajstić information content (AvgIpc) is 2.65. The van der Waals surface area contributed by atoms with Gasteiger partial charge in [0.25, 0.3) is 6.43 Å². The van der Waals surface area contributed by atoms with Crippen molar-refractivity contribution in [3.8, 4) is 0 Å². The highest BCUT2D eigenvalue weighted by Crippen LogP contribution is 2.39. The summed E-state index contributed by atoms with van der Waals surface area (Å²) in [6, 6.07) is -1.29. The summed E-state index contributed by atoms with van der Waals surface area (Å²) in [5.41, 5.74) is -0.150. The maximum absolute atomic E-state index is 13.7. The predicted octanol–water partition coefficient (Wildman–Crippen LogP) is 2.27. The van der Waals surface area contributed by atoms with Crippen molar-refractivity contribution in [2.24, 2.45) is 5.41 Å². The van der Waals surface area contributed by atoms with E-state index in [4.69, 9.17) is 0 Å². The Morgan fingerprint density at radius 1 is 1.30 bits per heavy atom. The zero-order valence-corrected chi connectivity index (χ0v) is 18.5. The first-order chi connectivity index (χ1) is 13.9. The van der Waals surface area contributed by atoms with Crippen molar-refractivity contribution in [2.45, 2.75) is 65.0 Å². The van der Waals surface area contributed by atoms with Gasteiger partial charge in [-0.25, -0.2) is 26.5 Å². The number of piperidine rings is 1. The lowest BCUT2D eigenvalue weighted by atomic mass is 9.81. The fraction of sp³-hybridized carbons (Fsp3) is 0.737. The number of halogens is 2. The van der Waals surface area contributed by atoms with Gasteiger partial charge in [0.2, 0.25) is 21.9 Å². The van der Waals surface area contributed by atoms with E-state index in [9.17, 15) is 22.0 Å². The predicted molar refractivity (Wildman–Crippen MR) is 110 cm³/mol. The third-order valence-electron chi connectivity index (χ3n) is 5.80. The number of nitrogens with zero attached hydrogens (tertiary/aromatic N) is 4. The average molecular weight is 446 g/mol. The van der Waals surface area contributed by atoms with Crippen LogP contribution in [0.4, 0.5) is 20.5 Å². The van der Waals surface area contributed by atoms with Crippen molar-refractivity contribution in [3.05, 3.63) is 11.8 Å². The first-order valence-electron chi connectivity index (χ1n) is 10.1. The molecule has 2 aliphatic rings. The summed E-state index contributed by atoms with van der Waals surface area (Å²) in [6.45, 7) is 5.89. The standard InChI is InChI=1S/C19H29F2N5O3S/c1-5-14(15(20)21)26-16-12(10-19(2,3)17(26)27)11-22-18(24-16)23-13-6-8-25(9-7-13)30(4,28)29/h11,13-15H,5-10H2,1-4H3,(H,22,23,24). The Morgan fingerprint density at radius 3 is 2.47 bits per heavy atom. The summed E-state index contributed by atoms with van der Waals surface area (Å²) in [5, 5.41) is 3.18. The van der Waals surface area contributed by atoms with Crippen molar-refractivity contribution in [3.63, 3.8) is 0 Å². The maximum atomic E-state index is 13.7. The van der Waals surface area contributed by atoms with Crippen LogP contribution in [-0.4, -0.2) is 66.5 Å². The number of carbonyl (C=O) groups excluding carboxylic acids is 1. The first-order valence-corrected chi connectivity index (χ1v) is 12.0. The van der Waals surface area contributed by atoms with E-state index in [1.54, 1.807) is 27.0 Å². The number of amides is 1. The minimum atomic E-state index is -3.22. The lowest BCUT2D eigenvalue weighted by Crippen LogP contribution is -2.54. The van der Waals surface area contributed by atoms with Crippen molar-refractivity contribution >= 4 is 27.7 Å². The second-order valence-electron chi connectivity index (χ2n) is 8.67. The molecule has 11 heteroatoms. The number of carbonyl (C=O) groups is 1. The lowest BCUT2D eigenvalue weighted by Gasteiger charge is -2.41. The molecule has 0 spiro atoms. The largest absolute Gasteiger partial charge is 0.351 e. The third kappa shape index (κ3) is 4.56.